The highest BCUT2D eigenvalue weighted by Gasteiger charge is 2.32. The number of rotatable bonds is 2. The topological polar surface area (TPSA) is 96.2 Å². The Morgan fingerprint density at radius 2 is 1.95 bits per heavy atom. The molecule has 0 aliphatic carbocycles. The van der Waals surface area contributed by atoms with Gasteiger partial charge in [-0.05, 0) is 6.07 Å². The second kappa shape index (κ2) is 5.14. The van der Waals surface area contributed by atoms with E-state index in [4.69, 9.17) is 9.47 Å². The van der Waals surface area contributed by atoms with E-state index < -0.39 is 6.10 Å². The maximum absolute atomic E-state index is 12.3. The van der Waals surface area contributed by atoms with Crippen LogP contribution in [0.25, 0.3) is 0 Å². The van der Waals surface area contributed by atoms with Gasteiger partial charge in [-0.15, -0.1) is 0 Å². The number of carbonyl (C=O) groups is 1. The van der Waals surface area contributed by atoms with Gasteiger partial charge < -0.3 is 24.8 Å². The van der Waals surface area contributed by atoms with Gasteiger partial charge in [-0.25, -0.2) is 0 Å². The predicted molar refractivity (Wildman–Crippen MR) is 76.7 cm³/mol. The van der Waals surface area contributed by atoms with Gasteiger partial charge in [-0.1, -0.05) is 12.1 Å². The van der Waals surface area contributed by atoms with Crippen LogP contribution < -0.4 is 9.47 Å². The Balaban J connectivity index is 2.05. The molecular formula is C16H14O6. The molecule has 3 rings (SSSR count). The Morgan fingerprint density at radius 3 is 2.68 bits per heavy atom. The number of aromatic hydroxyl groups is 3. The first-order valence-corrected chi connectivity index (χ1v) is 6.63. The number of methoxy groups -OCH3 is 1. The lowest BCUT2D eigenvalue weighted by Crippen LogP contribution is -2.20. The number of Topliss-reactive ketones (excluding diaryl/α,β-unsaturated/α-hetero) is 1. The summed E-state index contributed by atoms with van der Waals surface area (Å²) in [7, 11) is 1.43. The molecule has 114 valence electrons. The summed E-state index contributed by atoms with van der Waals surface area (Å²) in [6.07, 6.45) is -0.803. The fraction of sp³-hybridized carbons (Fsp3) is 0.188. The fourth-order valence-corrected chi connectivity index (χ4v) is 2.51. The minimum Gasteiger partial charge on any atom is -0.507 e. The van der Waals surface area contributed by atoms with Crippen molar-refractivity contribution in [2.75, 3.05) is 7.11 Å². The molecule has 22 heavy (non-hydrogen) atoms. The van der Waals surface area contributed by atoms with Crippen LogP contribution >= 0.6 is 0 Å². The number of fused-ring (bicyclic) bond motifs is 1. The Kier molecular flexibility index (Phi) is 3.29. The van der Waals surface area contributed by atoms with E-state index in [0.717, 1.165) is 0 Å². The Bertz CT molecular complexity index is 753. The van der Waals surface area contributed by atoms with Crippen molar-refractivity contribution in [2.24, 2.45) is 0 Å². The van der Waals surface area contributed by atoms with Gasteiger partial charge in [-0.2, -0.15) is 0 Å². The third-order valence-electron chi connectivity index (χ3n) is 3.60. The molecule has 2 aromatic rings. The van der Waals surface area contributed by atoms with E-state index in [1.165, 1.54) is 25.3 Å². The molecule has 6 nitrogen and oxygen atoms in total. The average molecular weight is 302 g/mol. The van der Waals surface area contributed by atoms with Crippen molar-refractivity contribution in [1.29, 1.82) is 0 Å². The molecule has 0 unspecified atom stereocenters. The number of ketones is 1. The van der Waals surface area contributed by atoms with Crippen molar-refractivity contribution < 1.29 is 29.6 Å². The number of benzene rings is 2. The van der Waals surface area contributed by atoms with E-state index in [-0.39, 0.29) is 40.8 Å². The van der Waals surface area contributed by atoms with E-state index in [2.05, 4.69) is 0 Å². The van der Waals surface area contributed by atoms with E-state index >= 15 is 0 Å². The Morgan fingerprint density at radius 1 is 1.18 bits per heavy atom. The highest BCUT2D eigenvalue weighted by molar-refractivity contribution is 6.02. The number of hydrogen-bond donors (Lipinski definition) is 3. The third kappa shape index (κ3) is 2.18. The SMILES string of the molecule is COc1cc(O)c2c(c1)O[C@@H](c1cccc(O)c1O)CC2=O. The maximum atomic E-state index is 12.3. The van der Waals surface area contributed by atoms with Crippen LogP contribution in [0.4, 0.5) is 0 Å². The summed E-state index contributed by atoms with van der Waals surface area (Å²) in [5.74, 6) is -0.596. The quantitative estimate of drug-likeness (QED) is 0.738. The van der Waals surface area contributed by atoms with Crippen molar-refractivity contribution in [3.63, 3.8) is 0 Å². The molecule has 6 heteroatoms. The molecule has 0 fully saturated rings. The zero-order valence-electron chi connectivity index (χ0n) is 11.7. The second-order valence-corrected chi connectivity index (χ2v) is 4.97. The largest absolute Gasteiger partial charge is 0.507 e. The van der Waals surface area contributed by atoms with Crippen molar-refractivity contribution >= 4 is 5.78 Å². The molecule has 1 aliphatic heterocycles. The summed E-state index contributed by atoms with van der Waals surface area (Å²) in [6, 6.07) is 7.30. The van der Waals surface area contributed by atoms with E-state index in [0.29, 0.717) is 11.3 Å². The van der Waals surface area contributed by atoms with Crippen molar-refractivity contribution in [3.05, 3.63) is 41.5 Å². The molecule has 3 N–H and O–H groups in total. The van der Waals surface area contributed by atoms with E-state index in [9.17, 15) is 20.1 Å². The number of ether oxygens (including phenoxy) is 2. The molecule has 2 aromatic carbocycles. The predicted octanol–water partition coefficient (Wildman–Crippen LogP) is 2.52. The molecule has 0 saturated heterocycles. The van der Waals surface area contributed by atoms with Gasteiger partial charge in [0.15, 0.2) is 17.3 Å². The van der Waals surface area contributed by atoms with Crippen LogP contribution in [-0.4, -0.2) is 28.2 Å². The highest BCUT2D eigenvalue weighted by atomic mass is 16.5. The molecule has 0 radical (unpaired) electrons. The van der Waals surface area contributed by atoms with Gasteiger partial charge in [0, 0.05) is 17.7 Å². The van der Waals surface area contributed by atoms with Crippen LogP contribution in [0.15, 0.2) is 30.3 Å². The summed E-state index contributed by atoms with van der Waals surface area (Å²) in [4.78, 5) is 12.3. The van der Waals surface area contributed by atoms with Crippen molar-refractivity contribution in [2.45, 2.75) is 12.5 Å². The molecule has 0 bridgehead atoms. The number of phenolic OH excluding ortho intramolecular Hbond substituents is 3. The van der Waals surface area contributed by atoms with Gasteiger partial charge in [0.1, 0.15) is 28.9 Å². The number of hydrogen-bond acceptors (Lipinski definition) is 6. The van der Waals surface area contributed by atoms with Gasteiger partial charge in [0.05, 0.1) is 13.5 Å². The molecule has 1 heterocycles. The smallest absolute Gasteiger partial charge is 0.174 e. The first kappa shape index (κ1) is 14.1. The highest BCUT2D eigenvalue weighted by Crippen LogP contribution is 2.44. The average Bonchev–Trinajstić information content (AvgIpc) is 2.49. The summed E-state index contributed by atoms with van der Waals surface area (Å²) < 4.78 is 10.8. The maximum Gasteiger partial charge on any atom is 0.174 e. The van der Waals surface area contributed by atoms with Crippen LogP contribution in [0, 0.1) is 0 Å². The summed E-state index contributed by atoms with van der Waals surface area (Å²) >= 11 is 0. The van der Waals surface area contributed by atoms with Crippen molar-refractivity contribution in [1.82, 2.24) is 0 Å². The van der Waals surface area contributed by atoms with Gasteiger partial charge in [0.25, 0.3) is 0 Å². The van der Waals surface area contributed by atoms with E-state index in [1.807, 2.05) is 0 Å². The molecule has 1 aliphatic rings. The summed E-state index contributed by atoms with van der Waals surface area (Å²) in [6.45, 7) is 0. The first-order valence-electron chi connectivity index (χ1n) is 6.63. The Hall–Kier alpha value is -2.89. The lowest BCUT2D eigenvalue weighted by molar-refractivity contribution is 0.0841. The fourth-order valence-electron chi connectivity index (χ4n) is 2.51. The van der Waals surface area contributed by atoms with Gasteiger partial charge >= 0.3 is 0 Å². The third-order valence-corrected chi connectivity index (χ3v) is 3.60. The molecule has 0 aromatic heterocycles. The van der Waals surface area contributed by atoms with Crippen molar-refractivity contribution in [3.8, 4) is 28.7 Å². The molecule has 1 atom stereocenters. The molecule has 0 amide bonds. The van der Waals surface area contributed by atoms with E-state index in [1.54, 1.807) is 12.1 Å². The second-order valence-electron chi connectivity index (χ2n) is 4.97. The standard InChI is InChI=1S/C16H14O6/c1-21-8-5-11(18)15-12(19)7-13(22-14(15)6-8)9-3-2-4-10(17)16(9)20/h2-6,13,17-18,20H,7H2,1H3/t13-/m1/s1. The molecule has 0 saturated carbocycles. The van der Waals surface area contributed by atoms with Crippen LogP contribution in [0.5, 0.6) is 28.7 Å². The van der Waals surface area contributed by atoms with Crippen LogP contribution in [-0.2, 0) is 0 Å². The lowest BCUT2D eigenvalue weighted by Gasteiger charge is -2.26. The number of phenols is 3. The minimum atomic E-state index is -0.751. The number of para-hydroxylation sites is 1. The monoisotopic (exact) mass is 302 g/mol. The lowest BCUT2D eigenvalue weighted by atomic mass is 9.95. The summed E-state index contributed by atoms with van der Waals surface area (Å²) in [5, 5.41) is 29.4. The normalized spacial score (nSPS) is 16.8. The number of carbonyl (C=O) groups excluding carboxylic acids is 1. The van der Waals surface area contributed by atoms with Crippen LogP contribution in [0.1, 0.15) is 28.4 Å². The molecular weight excluding hydrogens is 288 g/mol. The van der Waals surface area contributed by atoms with Gasteiger partial charge in [0.2, 0.25) is 0 Å². The Labute approximate surface area is 126 Å². The zero-order valence-corrected chi connectivity index (χ0v) is 11.7. The van der Waals surface area contributed by atoms with Crippen LogP contribution in [0.3, 0.4) is 0 Å². The molecule has 0 spiro atoms. The van der Waals surface area contributed by atoms with Gasteiger partial charge in [-0.3, -0.25) is 4.79 Å². The summed E-state index contributed by atoms with van der Waals surface area (Å²) in [5.41, 5.74) is 0.401. The zero-order chi connectivity index (χ0) is 15.9. The van der Waals surface area contributed by atoms with Crippen LogP contribution in [0.2, 0.25) is 0 Å². The first-order chi connectivity index (χ1) is 10.5. The minimum absolute atomic E-state index is 0.0517.